The zero-order valence-corrected chi connectivity index (χ0v) is 11.8. The number of hydrogen-bond donors (Lipinski definition) is 1. The Labute approximate surface area is 117 Å². The molecule has 2 atom stereocenters. The van der Waals surface area contributed by atoms with E-state index in [1.54, 1.807) is 26.0 Å². The molecule has 1 aliphatic rings. The molecule has 1 aliphatic heterocycles. The van der Waals surface area contributed by atoms with Crippen molar-refractivity contribution in [2.75, 3.05) is 6.61 Å². The predicted octanol–water partition coefficient (Wildman–Crippen LogP) is 0.628. The van der Waals surface area contributed by atoms with Crippen molar-refractivity contribution in [3.05, 3.63) is 0 Å². The Balaban J connectivity index is 2.62. The fourth-order valence-corrected chi connectivity index (χ4v) is 1.98. The average Bonchev–Trinajstić information content (AvgIpc) is 2.36. The van der Waals surface area contributed by atoms with Crippen LogP contribution in [0.5, 0.6) is 0 Å². The monoisotopic (exact) mass is 282 g/mol. The molecule has 1 saturated heterocycles. The molecule has 0 unspecified atom stereocenters. The van der Waals surface area contributed by atoms with Gasteiger partial charge in [0.05, 0.1) is 25.2 Å². The van der Waals surface area contributed by atoms with Crippen LogP contribution in [0.1, 0.15) is 33.6 Å². The van der Waals surface area contributed by atoms with Gasteiger partial charge in [0.15, 0.2) is 5.79 Å². The molecule has 0 aromatic heterocycles. The second kappa shape index (κ2) is 6.19. The molecule has 0 bridgehead atoms. The lowest BCUT2D eigenvalue weighted by atomic mass is 10.1. The van der Waals surface area contributed by atoms with Crippen molar-refractivity contribution < 1.29 is 24.1 Å². The van der Waals surface area contributed by atoms with Crippen LogP contribution in [-0.2, 0) is 19.0 Å². The molecule has 0 spiro atoms. The molecule has 1 rings (SSSR count). The minimum Gasteiger partial charge on any atom is -0.430 e. The lowest BCUT2D eigenvalue weighted by Crippen LogP contribution is -2.46. The summed E-state index contributed by atoms with van der Waals surface area (Å²) in [5, 5.41) is 26.7. The molecule has 1 fully saturated rings. The Morgan fingerprint density at radius 2 is 1.95 bits per heavy atom. The van der Waals surface area contributed by atoms with Crippen molar-refractivity contribution in [3.63, 3.8) is 0 Å². The summed E-state index contributed by atoms with van der Waals surface area (Å²) in [6.45, 7) is 4.41. The van der Waals surface area contributed by atoms with Gasteiger partial charge in [-0.2, -0.15) is 10.5 Å². The maximum Gasteiger partial charge on any atom is 0.310 e. The predicted molar refractivity (Wildman–Crippen MR) is 65.9 cm³/mol. The number of aliphatic hydroxyl groups excluding tert-OH is 1. The maximum absolute atomic E-state index is 11.7. The van der Waals surface area contributed by atoms with Crippen LogP contribution < -0.4 is 0 Å². The van der Waals surface area contributed by atoms with Crippen molar-refractivity contribution in [2.24, 2.45) is 0 Å². The average molecular weight is 282 g/mol. The van der Waals surface area contributed by atoms with Gasteiger partial charge in [-0.15, -0.1) is 0 Å². The molecule has 1 N–H and O–H groups in total. The third-order valence-corrected chi connectivity index (χ3v) is 2.77. The van der Waals surface area contributed by atoms with Crippen LogP contribution in [-0.4, -0.2) is 41.3 Å². The van der Waals surface area contributed by atoms with Crippen LogP contribution in [0.3, 0.4) is 0 Å². The summed E-state index contributed by atoms with van der Waals surface area (Å²) in [5.74, 6) is -1.61. The Hall–Kier alpha value is -1.67. The SMILES string of the molecule is CC(C#N)(C#N)OC(=O)C[C@H]1C[C@@H](CO)OC(C)(C)O1. The number of nitriles is 2. The first-order valence-corrected chi connectivity index (χ1v) is 6.24. The van der Waals surface area contributed by atoms with Crippen molar-refractivity contribution in [2.45, 2.75) is 57.2 Å². The molecule has 20 heavy (non-hydrogen) atoms. The molecule has 0 aromatic rings. The summed E-state index contributed by atoms with van der Waals surface area (Å²) < 4.78 is 15.8. The van der Waals surface area contributed by atoms with Crippen molar-refractivity contribution in [1.29, 1.82) is 10.5 Å². The van der Waals surface area contributed by atoms with Gasteiger partial charge in [0.25, 0.3) is 5.60 Å². The van der Waals surface area contributed by atoms with Crippen LogP contribution in [0.15, 0.2) is 0 Å². The van der Waals surface area contributed by atoms with E-state index in [1.807, 2.05) is 0 Å². The van der Waals surface area contributed by atoms with E-state index in [-0.39, 0.29) is 13.0 Å². The summed E-state index contributed by atoms with van der Waals surface area (Å²) >= 11 is 0. The molecule has 0 amide bonds. The quantitative estimate of drug-likeness (QED) is 0.752. The highest BCUT2D eigenvalue weighted by molar-refractivity contribution is 5.71. The number of aliphatic hydroxyl groups is 1. The highest BCUT2D eigenvalue weighted by atomic mass is 16.7. The van der Waals surface area contributed by atoms with Gasteiger partial charge in [-0.05, 0) is 13.8 Å². The number of hydrogen-bond acceptors (Lipinski definition) is 7. The second-order valence-corrected chi connectivity index (χ2v) is 5.23. The Morgan fingerprint density at radius 1 is 1.40 bits per heavy atom. The van der Waals surface area contributed by atoms with Crippen LogP contribution >= 0.6 is 0 Å². The topological polar surface area (TPSA) is 113 Å². The normalized spacial score (nSPS) is 25.3. The molecule has 0 aliphatic carbocycles. The van der Waals surface area contributed by atoms with E-state index in [0.717, 1.165) is 0 Å². The van der Waals surface area contributed by atoms with Gasteiger partial charge in [-0.25, -0.2) is 0 Å². The third-order valence-electron chi connectivity index (χ3n) is 2.77. The molecular formula is C13H18N2O5. The van der Waals surface area contributed by atoms with E-state index in [9.17, 15) is 4.79 Å². The molecule has 1 heterocycles. The smallest absolute Gasteiger partial charge is 0.310 e. The van der Waals surface area contributed by atoms with Gasteiger partial charge in [0.1, 0.15) is 12.1 Å². The fraction of sp³-hybridized carbons (Fsp3) is 0.769. The van der Waals surface area contributed by atoms with Gasteiger partial charge >= 0.3 is 5.97 Å². The van der Waals surface area contributed by atoms with Crippen molar-refractivity contribution >= 4 is 5.97 Å². The Morgan fingerprint density at radius 3 is 2.45 bits per heavy atom. The highest BCUT2D eigenvalue weighted by Gasteiger charge is 2.37. The first-order valence-electron chi connectivity index (χ1n) is 6.24. The number of carbonyl (C=O) groups excluding carboxylic acids is 1. The first-order chi connectivity index (χ1) is 9.23. The summed E-state index contributed by atoms with van der Waals surface area (Å²) in [7, 11) is 0. The van der Waals surface area contributed by atoms with Crippen molar-refractivity contribution in [1.82, 2.24) is 0 Å². The largest absolute Gasteiger partial charge is 0.430 e. The number of nitrogens with zero attached hydrogens (tertiary/aromatic N) is 2. The zero-order valence-electron chi connectivity index (χ0n) is 11.8. The van der Waals surface area contributed by atoms with Crippen LogP contribution in [0.25, 0.3) is 0 Å². The van der Waals surface area contributed by atoms with E-state index in [1.165, 1.54) is 6.92 Å². The highest BCUT2D eigenvalue weighted by Crippen LogP contribution is 2.28. The lowest BCUT2D eigenvalue weighted by Gasteiger charge is -2.40. The molecule has 0 aromatic carbocycles. The minimum absolute atomic E-state index is 0.109. The number of carbonyl (C=O) groups is 1. The van der Waals surface area contributed by atoms with Crippen molar-refractivity contribution in [3.8, 4) is 12.1 Å². The summed E-state index contributed by atoms with van der Waals surface area (Å²) in [5.41, 5.74) is -1.80. The standard InChI is InChI=1S/C13H18N2O5/c1-12(2)18-9(4-10(6-16)19-12)5-11(17)20-13(3,7-14)8-15/h9-10,16H,4-6H2,1-3H3/t9-,10+/m1/s1. The minimum atomic E-state index is -1.80. The van der Waals surface area contributed by atoms with E-state index in [2.05, 4.69) is 0 Å². The van der Waals surface area contributed by atoms with Gasteiger partial charge in [0.2, 0.25) is 0 Å². The number of rotatable bonds is 4. The molecular weight excluding hydrogens is 264 g/mol. The maximum atomic E-state index is 11.7. The van der Waals surface area contributed by atoms with E-state index >= 15 is 0 Å². The van der Waals surface area contributed by atoms with Gasteiger partial charge in [-0.1, -0.05) is 0 Å². The number of ether oxygens (including phenoxy) is 3. The molecule has 7 nitrogen and oxygen atoms in total. The third kappa shape index (κ3) is 4.46. The van der Waals surface area contributed by atoms with E-state index < -0.39 is 29.6 Å². The Kier molecular flexibility index (Phi) is 5.07. The molecule has 7 heteroatoms. The second-order valence-electron chi connectivity index (χ2n) is 5.23. The fourth-order valence-electron chi connectivity index (χ4n) is 1.98. The van der Waals surface area contributed by atoms with E-state index in [0.29, 0.717) is 6.42 Å². The number of esters is 1. The lowest BCUT2D eigenvalue weighted by molar-refractivity contribution is -0.304. The first kappa shape index (κ1) is 16.4. The molecule has 110 valence electrons. The van der Waals surface area contributed by atoms with Gasteiger partial charge in [0, 0.05) is 13.3 Å². The molecule has 0 saturated carbocycles. The Bertz CT molecular complexity index is 435. The summed E-state index contributed by atoms with van der Waals surface area (Å²) in [6, 6.07) is 3.25. The molecule has 0 radical (unpaired) electrons. The summed E-state index contributed by atoms with van der Waals surface area (Å²) in [4.78, 5) is 11.7. The van der Waals surface area contributed by atoms with Crippen LogP contribution in [0, 0.1) is 22.7 Å². The van der Waals surface area contributed by atoms with Crippen LogP contribution in [0.4, 0.5) is 0 Å². The summed E-state index contributed by atoms with van der Waals surface area (Å²) in [6.07, 6.45) is -0.687. The van der Waals surface area contributed by atoms with Gasteiger partial charge < -0.3 is 19.3 Å². The van der Waals surface area contributed by atoms with Crippen LogP contribution in [0.2, 0.25) is 0 Å². The van der Waals surface area contributed by atoms with E-state index in [4.69, 9.17) is 29.8 Å². The van der Waals surface area contributed by atoms with Gasteiger partial charge in [-0.3, -0.25) is 4.79 Å². The zero-order chi connectivity index (χ0) is 15.4.